The molecule has 3 atom stereocenters. The second-order valence-corrected chi connectivity index (χ2v) is 8.39. The van der Waals surface area contributed by atoms with Gasteiger partial charge in [0.25, 0.3) is 0 Å². The van der Waals surface area contributed by atoms with Crippen molar-refractivity contribution in [3.8, 4) is 0 Å². The van der Waals surface area contributed by atoms with Gasteiger partial charge in [-0.25, -0.2) is 4.39 Å². The number of hydrogen-bond acceptors (Lipinski definition) is 3. The van der Waals surface area contributed by atoms with Crippen molar-refractivity contribution >= 4 is 29.9 Å². The molecule has 162 valence electrons. The van der Waals surface area contributed by atoms with Crippen LogP contribution in [0.4, 0.5) is 4.39 Å². The fourth-order valence-corrected chi connectivity index (χ4v) is 4.49. The average Bonchev–Trinajstić information content (AvgIpc) is 3.25. The third-order valence-electron chi connectivity index (χ3n) is 6.20. The van der Waals surface area contributed by atoms with Gasteiger partial charge in [0.15, 0.2) is 5.96 Å². The molecule has 3 fully saturated rings. The Bertz CT molecular complexity index is 675. The summed E-state index contributed by atoms with van der Waals surface area (Å²) in [4.78, 5) is 7.20. The van der Waals surface area contributed by atoms with Crippen molar-refractivity contribution < 1.29 is 9.13 Å². The maximum atomic E-state index is 14.0. The Morgan fingerprint density at radius 2 is 2.00 bits per heavy atom. The molecule has 1 aromatic rings. The first-order valence-electron chi connectivity index (χ1n) is 10.8. The van der Waals surface area contributed by atoms with Crippen LogP contribution >= 0.6 is 24.0 Å². The SMILES string of the molecule is CCN=C(NC1CCN(CC2CCOC2)CC1)NC1CC1c1ccccc1F.I. The molecule has 0 aromatic heterocycles. The number of benzene rings is 1. The van der Waals surface area contributed by atoms with Crippen LogP contribution in [0.5, 0.6) is 0 Å². The van der Waals surface area contributed by atoms with Gasteiger partial charge in [0.05, 0.1) is 6.61 Å². The van der Waals surface area contributed by atoms with E-state index in [4.69, 9.17) is 4.74 Å². The van der Waals surface area contributed by atoms with Crippen molar-refractivity contribution in [1.29, 1.82) is 0 Å². The lowest BCUT2D eigenvalue weighted by Crippen LogP contribution is -2.50. The number of nitrogens with zero attached hydrogens (tertiary/aromatic N) is 2. The highest BCUT2D eigenvalue weighted by atomic mass is 127. The highest BCUT2D eigenvalue weighted by Crippen LogP contribution is 2.41. The van der Waals surface area contributed by atoms with E-state index >= 15 is 0 Å². The van der Waals surface area contributed by atoms with Gasteiger partial charge in [-0.2, -0.15) is 0 Å². The molecule has 7 heteroatoms. The van der Waals surface area contributed by atoms with Crippen LogP contribution in [0.15, 0.2) is 29.3 Å². The van der Waals surface area contributed by atoms with Crippen LogP contribution in [-0.4, -0.2) is 62.3 Å². The second kappa shape index (κ2) is 10.9. The van der Waals surface area contributed by atoms with Crippen molar-refractivity contribution in [3.05, 3.63) is 35.6 Å². The Morgan fingerprint density at radius 1 is 1.21 bits per heavy atom. The summed E-state index contributed by atoms with van der Waals surface area (Å²) in [5.41, 5.74) is 0.819. The Kier molecular flexibility index (Phi) is 8.56. The van der Waals surface area contributed by atoms with E-state index in [2.05, 4.69) is 27.4 Å². The van der Waals surface area contributed by atoms with Gasteiger partial charge >= 0.3 is 0 Å². The second-order valence-electron chi connectivity index (χ2n) is 8.39. The van der Waals surface area contributed by atoms with Gasteiger partial charge in [-0.3, -0.25) is 4.99 Å². The summed E-state index contributed by atoms with van der Waals surface area (Å²) < 4.78 is 19.5. The molecule has 0 amide bonds. The van der Waals surface area contributed by atoms with Crippen LogP contribution in [-0.2, 0) is 4.74 Å². The number of rotatable bonds is 6. The zero-order valence-electron chi connectivity index (χ0n) is 17.3. The molecule has 5 nitrogen and oxygen atoms in total. The summed E-state index contributed by atoms with van der Waals surface area (Å²) in [7, 11) is 0. The number of hydrogen-bond donors (Lipinski definition) is 2. The summed E-state index contributed by atoms with van der Waals surface area (Å²) in [5, 5.41) is 7.15. The van der Waals surface area contributed by atoms with E-state index in [1.54, 1.807) is 12.1 Å². The topological polar surface area (TPSA) is 48.9 Å². The number of aliphatic imine (C=N–C) groups is 1. The Morgan fingerprint density at radius 3 is 2.69 bits per heavy atom. The lowest BCUT2D eigenvalue weighted by atomic mass is 10.0. The van der Waals surface area contributed by atoms with Crippen molar-refractivity contribution in [2.24, 2.45) is 10.9 Å². The van der Waals surface area contributed by atoms with Gasteiger partial charge in [-0.05, 0) is 50.2 Å². The van der Waals surface area contributed by atoms with E-state index in [1.807, 2.05) is 12.1 Å². The number of nitrogens with one attached hydrogen (secondary N) is 2. The smallest absolute Gasteiger partial charge is 0.191 e. The average molecular weight is 516 g/mol. The summed E-state index contributed by atoms with van der Waals surface area (Å²) in [6.45, 7) is 8.10. The number of piperidine rings is 1. The molecule has 3 aliphatic rings. The first kappa shape index (κ1) is 22.7. The molecule has 0 bridgehead atoms. The number of guanidine groups is 1. The van der Waals surface area contributed by atoms with Crippen LogP contribution in [0.1, 0.15) is 44.1 Å². The predicted molar refractivity (Wildman–Crippen MR) is 126 cm³/mol. The molecule has 0 radical (unpaired) electrons. The van der Waals surface area contributed by atoms with Gasteiger partial charge < -0.3 is 20.3 Å². The molecule has 2 heterocycles. The van der Waals surface area contributed by atoms with E-state index < -0.39 is 0 Å². The quantitative estimate of drug-likeness (QED) is 0.346. The van der Waals surface area contributed by atoms with Gasteiger partial charge in [-0.15, -0.1) is 24.0 Å². The lowest BCUT2D eigenvalue weighted by Gasteiger charge is -2.34. The molecule has 1 aromatic carbocycles. The molecule has 29 heavy (non-hydrogen) atoms. The van der Waals surface area contributed by atoms with Gasteiger partial charge in [0.2, 0.25) is 0 Å². The highest BCUT2D eigenvalue weighted by molar-refractivity contribution is 14.0. The number of likely N-dealkylation sites (tertiary alicyclic amines) is 1. The highest BCUT2D eigenvalue weighted by Gasteiger charge is 2.40. The summed E-state index contributed by atoms with van der Waals surface area (Å²) >= 11 is 0. The van der Waals surface area contributed by atoms with E-state index in [0.717, 1.165) is 63.6 Å². The van der Waals surface area contributed by atoms with E-state index in [-0.39, 0.29) is 41.8 Å². The number of ether oxygens (including phenoxy) is 1. The Hall–Kier alpha value is -0.930. The standard InChI is InChI=1S/C22H33FN4O.HI/c1-2-24-22(26-21-13-19(21)18-5-3-4-6-20(18)23)25-17-7-10-27(11-8-17)14-16-9-12-28-15-16;/h3-6,16-17,19,21H,2,7-15H2,1H3,(H2,24,25,26);1H. The zero-order chi connectivity index (χ0) is 19.3. The van der Waals surface area contributed by atoms with E-state index in [9.17, 15) is 4.39 Å². The molecular formula is C22H34FIN4O. The maximum Gasteiger partial charge on any atom is 0.191 e. The minimum atomic E-state index is -0.0984. The summed E-state index contributed by atoms with van der Waals surface area (Å²) in [6, 6.07) is 7.85. The summed E-state index contributed by atoms with van der Waals surface area (Å²) in [6.07, 6.45) is 4.45. The third-order valence-corrected chi connectivity index (χ3v) is 6.20. The van der Waals surface area contributed by atoms with Gasteiger partial charge in [0, 0.05) is 50.8 Å². The van der Waals surface area contributed by atoms with Gasteiger partial charge in [0.1, 0.15) is 5.82 Å². The molecule has 1 saturated carbocycles. The molecule has 3 unspecified atom stereocenters. The van der Waals surface area contributed by atoms with Crippen molar-refractivity contribution in [1.82, 2.24) is 15.5 Å². The van der Waals surface area contributed by atoms with Crippen molar-refractivity contribution in [2.75, 3.05) is 39.4 Å². The van der Waals surface area contributed by atoms with Crippen LogP contribution in [0.25, 0.3) is 0 Å². The lowest BCUT2D eigenvalue weighted by molar-refractivity contribution is 0.150. The fourth-order valence-electron chi connectivity index (χ4n) is 4.49. The first-order valence-corrected chi connectivity index (χ1v) is 10.8. The molecule has 0 spiro atoms. The molecule has 2 N–H and O–H groups in total. The monoisotopic (exact) mass is 516 g/mol. The largest absolute Gasteiger partial charge is 0.381 e. The maximum absolute atomic E-state index is 14.0. The molecule has 4 rings (SSSR count). The Balaban J connectivity index is 0.00000240. The first-order chi connectivity index (χ1) is 13.7. The Labute approximate surface area is 190 Å². The third kappa shape index (κ3) is 6.28. The van der Waals surface area contributed by atoms with Crippen LogP contribution in [0, 0.1) is 11.7 Å². The predicted octanol–water partition coefficient (Wildman–Crippen LogP) is 3.36. The summed E-state index contributed by atoms with van der Waals surface area (Å²) in [5.74, 6) is 1.75. The molecule has 2 saturated heterocycles. The van der Waals surface area contributed by atoms with Crippen LogP contribution in [0.2, 0.25) is 0 Å². The molecular weight excluding hydrogens is 482 g/mol. The van der Waals surface area contributed by atoms with Crippen molar-refractivity contribution in [2.45, 2.75) is 50.6 Å². The number of halogens is 2. The van der Waals surface area contributed by atoms with Crippen LogP contribution in [0.3, 0.4) is 0 Å². The van der Waals surface area contributed by atoms with Crippen LogP contribution < -0.4 is 10.6 Å². The fraction of sp³-hybridized carbons (Fsp3) is 0.682. The van der Waals surface area contributed by atoms with E-state index in [0.29, 0.717) is 12.0 Å². The van der Waals surface area contributed by atoms with Gasteiger partial charge in [-0.1, -0.05) is 18.2 Å². The normalized spacial score (nSPS) is 28.1. The van der Waals surface area contributed by atoms with Crippen molar-refractivity contribution in [3.63, 3.8) is 0 Å². The molecule has 2 aliphatic heterocycles. The van der Waals surface area contributed by atoms with E-state index in [1.165, 1.54) is 13.0 Å². The zero-order valence-corrected chi connectivity index (χ0v) is 19.6. The minimum Gasteiger partial charge on any atom is -0.381 e. The molecule has 1 aliphatic carbocycles. The minimum absolute atomic E-state index is 0.